The van der Waals surface area contributed by atoms with Gasteiger partial charge in [0.05, 0.1) is 11.1 Å². The van der Waals surface area contributed by atoms with Gasteiger partial charge in [-0.05, 0) is 50.9 Å². The summed E-state index contributed by atoms with van der Waals surface area (Å²) in [6.45, 7) is 4.54. The van der Waals surface area contributed by atoms with Gasteiger partial charge in [-0.2, -0.15) is 5.26 Å². The number of rotatable bonds is 3. The van der Waals surface area contributed by atoms with Gasteiger partial charge in [-0.25, -0.2) is 0 Å². The number of likely N-dealkylation sites (tertiary alicyclic amines) is 2. The molecule has 0 bridgehead atoms. The summed E-state index contributed by atoms with van der Waals surface area (Å²) in [5.74, 6) is 0.558. The quantitative estimate of drug-likeness (QED) is 0.866. The third-order valence-corrected chi connectivity index (χ3v) is 5.62. The molecule has 130 valence electrons. The predicted molar refractivity (Wildman–Crippen MR) is 95.9 cm³/mol. The van der Waals surface area contributed by atoms with Gasteiger partial charge in [-0.1, -0.05) is 6.07 Å². The zero-order chi connectivity index (χ0) is 17.2. The third kappa shape index (κ3) is 3.14. The van der Waals surface area contributed by atoms with E-state index < -0.39 is 0 Å². The molecule has 2 fully saturated rings. The van der Waals surface area contributed by atoms with Crippen molar-refractivity contribution in [1.29, 1.82) is 5.26 Å². The molecule has 1 amide bonds. The summed E-state index contributed by atoms with van der Waals surface area (Å²) >= 11 is 0. The molecule has 0 aromatic carbocycles. The zero-order valence-electron chi connectivity index (χ0n) is 14.5. The number of fused-ring (bicyclic) bond motifs is 1. The summed E-state index contributed by atoms with van der Waals surface area (Å²) in [5.41, 5.74) is 2.83. The average molecular weight is 336 g/mol. The molecular formula is C20H24N4O. The van der Waals surface area contributed by atoms with Gasteiger partial charge in [0.25, 0.3) is 0 Å². The molecule has 2 aliphatic heterocycles. The topological polar surface area (TPSA) is 51.8 Å². The molecule has 2 aliphatic rings. The number of aromatic nitrogens is 1. The van der Waals surface area contributed by atoms with Gasteiger partial charge < -0.3 is 9.30 Å². The third-order valence-electron chi connectivity index (χ3n) is 5.62. The highest BCUT2D eigenvalue weighted by molar-refractivity contribution is 5.79. The second-order valence-electron chi connectivity index (χ2n) is 7.22. The molecule has 4 rings (SSSR count). The summed E-state index contributed by atoms with van der Waals surface area (Å²) < 4.78 is 2.03. The standard InChI is InChI=1S/C20H24N4O/c21-13-18-17(15-24-10-2-1-5-19(18)24)14-22-11-6-16(7-12-22)20(25)23-8-3-4-9-23/h1-2,5,10,15-16H,3-4,6-9,11-12,14H2. The van der Waals surface area contributed by atoms with Crippen LogP contribution in [0.15, 0.2) is 30.6 Å². The van der Waals surface area contributed by atoms with E-state index in [1.165, 1.54) is 0 Å². The van der Waals surface area contributed by atoms with Crippen LogP contribution in [0.5, 0.6) is 0 Å². The summed E-state index contributed by atoms with van der Waals surface area (Å²) in [5, 5.41) is 9.54. The summed E-state index contributed by atoms with van der Waals surface area (Å²) in [4.78, 5) is 17.0. The Morgan fingerprint density at radius 2 is 1.92 bits per heavy atom. The summed E-state index contributed by atoms with van der Waals surface area (Å²) in [6.07, 6.45) is 8.23. The van der Waals surface area contributed by atoms with Gasteiger partial charge in [0.15, 0.2) is 0 Å². The Kier molecular flexibility index (Phi) is 4.46. The zero-order valence-corrected chi connectivity index (χ0v) is 14.5. The van der Waals surface area contributed by atoms with E-state index in [1.807, 2.05) is 28.8 Å². The molecule has 5 heteroatoms. The Labute approximate surface area is 148 Å². The van der Waals surface area contributed by atoms with Crippen LogP contribution in [0.25, 0.3) is 5.52 Å². The highest BCUT2D eigenvalue weighted by Gasteiger charge is 2.30. The number of amides is 1. The maximum Gasteiger partial charge on any atom is 0.225 e. The molecule has 25 heavy (non-hydrogen) atoms. The van der Waals surface area contributed by atoms with Crippen molar-refractivity contribution in [2.24, 2.45) is 5.92 Å². The molecule has 0 aliphatic carbocycles. The maximum absolute atomic E-state index is 12.5. The molecule has 2 saturated heterocycles. The SMILES string of the molecule is N#Cc1c(CN2CCC(C(=O)N3CCCC3)CC2)cn2ccccc12. The lowest BCUT2D eigenvalue weighted by molar-refractivity contribution is -0.136. The van der Waals surface area contributed by atoms with Crippen LogP contribution in [-0.2, 0) is 11.3 Å². The van der Waals surface area contributed by atoms with Gasteiger partial charge >= 0.3 is 0 Å². The number of hydrogen-bond donors (Lipinski definition) is 0. The molecular weight excluding hydrogens is 312 g/mol. The van der Waals surface area contributed by atoms with Crippen LogP contribution in [-0.4, -0.2) is 46.3 Å². The first kappa shape index (κ1) is 16.2. The largest absolute Gasteiger partial charge is 0.342 e. The fourth-order valence-corrected chi connectivity index (χ4v) is 4.20. The number of piperidine rings is 1. The number of nitriles is 1. The van der Waals surface area contributed by atoms with Crippen LogP contribution in [0.4, 0.5) is 0 Å². The smallest absolute Gasteiger partial charge is 0.225 e. The van der Waals surface area contributed by atoms with Crippen molar-refractivity contribution in [3.63, 3.8) is 0 Å². The summed E-state index contributed by atoms with van der Waals surface area (Å²) in [7, 11) is 0. The maximum atomic E-state index is 12.5. The average Bonchev–Trinajstić information content (AvgIpc) is 3.29. The van der Waals surface area contributed by atoms with Gasteiger partial charge in [0.2, 0.25) is 5.91 Å². The van der Waals surface area contributed by atoms with Gasteiger partial charge in [0.1, 0.15) is 6.07 Å². The minimum absolute atomic E-state index is 0.192. The molecule has 0 radical (unpaired) electrons. The highest BCUT2D eigenvalue weighted by Crippen LogP contribution is 2.25. The molecule has 0 atom stereocenters. The van der Waals surface area contributed by atoms with Crippen molar-refractivity contribution in [2.45, 2.75) is 32.2 Å². The van der Waals surface area contributed by atoms with Crippen LogP contribution in [0.1, 0.15) is 36.8 Å². The van der Waals surface area contributed by atoms with Crippen LogP contribution >= 0.6 is 0 Å². The molecule has 4 heterocycles. The van der Waals surface area contributed by atoms with E-state index in [2.05, 4.69) is 22.1 Å². The Hall–Kier alpha value is -2.32. The van der Waals surface area contributed by atoms with Crippen LogP contribution in [0, 0.1) is 17.2 Å². The van der Waals surface area contributed by atoms with E-state index in [9.17, 15) is 10.1 Å². The molecule has 0 saturated carbocycles. The normalized spacial score (nSPS) is 19.4. The first-order valence-electron chi connectivity index (χ1n) is 9.26. The van der Waals surface area contributed by atoms with Gasteiger partial charge in [-0.3, -0.25) is 9.69 Å². The Morgan fingerprint density at radius 1 is 1.16 bits per heavy atom. The number of pyridine rings is 1. The van der Waals surface area contributed by atoms with Crippen LogP contribution in [0.3, 0.4) is 0 Å². The molecule has 2 aromatic rings. The fourth-order valence-electron chi connectivity index (χ4n) is 4.20. The minimum Gasteiger partial charge on any atom is -0.342 e. The van der Waals surface area contributed by atoms with E-state index in [1.54, 1.807) is 0 Å². The van der Waals surface area contributed by atoms with Crippen molar-refractivity contribution in [2.75, 3.05) is 26.2 Å². The molecule has 0 N–H and O–H groups in total. The van der Waals surface area contributed by atoms with Gasteiger partial charge in [0, 0.05) is 43.5 Å². The fraction of sp³-hybridized carbons (Fsp3) is 0.500. The highest BCUT2D eigenvalue weighted by atomic mass is 16.2. The molecule has 0 unspecified atom stereocenters. The van der Waals surface area contributed by atoms with Crippen LogP contribution < -0.4 is 0 Å². The van der Waals surface area contributed by atoms with E-state index >= 15 is 0 Å². The number of nitrogens with zero attached hydrogens (tertiary/aromatic N) is 4. The van der Waals surface area contributed by atoms with Crippen molar-refractivity contribution in [3.8, 4) is 6.07 Å². The molecule has 5 nitrogen and oxygen atoms in total. The second-order valence-corrected chi connectivity index (χ2v) is 7.22. The van der Waals surface area contributed by atoms with Crippen LogP contribution in [0.2, 0.25) is 0 Å². The minimum atomic E-state index is 0.192. The van der Waals surface area contributed by atoms with Crippen molar-refractivity contribution in [3.05, 3.63) is 41.7 Å². The van der Waals surface area contributed by atoms with Gasteiger partial charge in [-0.15, -0.1) is 0 Å². The number of hydrogen-bond acceptors (Lipinski definition) is 3. The Balaban J connectivity index is 1.40. The lowest BCUT2D eigenvalue weighted by Gasteiger charge is -2.33. The van der Waals surface area contributed by atoms with Crippen molar-refractivity contribution >= 4 is 11.4 Å². The first-order chi connectivity index (χ1) is 12.3. The van der Waals surface area contributed by atoms with E-state index in [-0.39, 0.29) is 5.92 Å². The Bertz CT molecular complexity index is 805. The molecule has 2 aromatic heterocycles. The second kappa shape index (κ2) is 6.89. The Morgan fingerprint density at radius 3 is 2.64 bits per heavy atom. The lowest BCUT2D eigenvalue weighted by Crippen LogP contribution is -2.41. The first-order valence-corrected chi connectivity index (χ1v) is 9.26. The predicted octanol–water partition coefficient (Wildman–Crippen LogP) is 2.65. The lowest BCUT2D eigenvalue weighted by atomic mass is 9.95. The number of carbonyl (C=O) groups excluding carboxylic acids is 1. The monoisotopic (exact) mass is 336 g/mol. The van der Waals surface area contributed by atoms with E-state index in [0.717, 1.165) is 75.1 Å². The number of carbonyl (C=O) groups is 1. The van der Waals surface area contributed by atoms with E-state index in [4.69, 9.17) is 0 Å². The summed E-state index contributed by atoms with van der Waals surface area (Å²) in [6, 6.07) is 8.30. The molecule has 0 spiro atoms. The van der Waals surface area contributed by atoms with E-state index in [0.29, 0.717) is 5.91 Å². The van der Waals surface area contributed by atoms with Crippen molar-refractivity contribution < 1.29 is 4.79 Å². The van der Waals surface area contributed by atoms with Crippen molar-refractivity contribution in [1.82, 2.24) is 14.2 Å².